The predicted molar refractivity (Wildman–Crippen MR) is 87.5 cm³/mol. The van der Waals surface area contributed by atoms with E-state index < -0.39 is 0 Å². The van der Waals surface area contributed by atoms with E-state index in [1.165, 1.54) is 12.4 Å². The van der Waals surface area contributed by atoms with Crippen LogP contribution in [0, 0.1) is 0 Å². The van der Waals surface area contributed by atoms with Crippen LogP contribution >= 0.6 is 0 Å². The minimum atomic E-state index is -0.297. The van der Waals surface area contributed by atoms with Gasteiger partial charge in [-0.05, 0) is 42.8 Å². The van der Waals surface area contributed by atoms with Crippen molar-refractivity contribution in [3.63, 3.8) is 0 Å². The van der Waals surface area contributed by atoms with Crippen LogP contribution in [0.4, 0.5) is 0 Å². The van der Waals surface area contributed by atoms with Gasteiger partial charge in [-0.15, -0.1) is 0 Å². The molecule has 5 heteroatoms. The van der Waals surface area contributed by atoms with Gasteiger partial charge in [-0.25, -0.2) is 0 Å². The lowest BCUT2D eigenvalue weighted by molar-refractivity contribution is -0.112. The maximum Gasteiger partial charge on any atom is 0.269 e. The molecular weight excluding hydrogens is 278 g/mol. The van der Waals surface area contributed by atoms with Gasteiger partial charge in [0.25, 0.3) is 5.91 Å². The van der Waals surface area contributed by atoms with Gasteiger partial charge in [0.2, 0.25) is 0 Å². The maximum atomic E-state index is 12.1. The number of Topliss-reactive ketones (excluding diaryl/α,β-unsaturated/α-hetero) is 1. The van der Waals surface area contributed by atoms with E-state index in [9.17, 15) is 9.59 Å². The Balaban J connectivity index is 2.84. The second-order valence-electron chi connectivity index (χ2n) is 4.68. The third-order valence-electron chi connectivity index (χ3n) is 3.00. The van der Waals surface area contributed by atoms with E-state index in [2.05, 4.69) is 17.4 Å². The van der Waals surface area contributed by atoms with Gasteiger partial charge in [0.15, 0.2) is 5.78 Å². The van der Waals surface area contributed by atoms with Crippen molar-refractivity contribution >= 4 is 11.7 Å². The number of allylic oxidation sites excluding steroid dienone is 3. The average molecular weight is 299 g/mol. The maximum absolute atomic E-state index is 12.1. The molecule has 0 saturated carbocycles. The van der Waals surface area contributed by atoms with Crippen molar-refractivity contribution in [3.05, 3.63) is 71.6 Å². The molecule has 0 unspecified atom stereocenters. The molecule has 0 heterocycles. The molecule has 0 fully saturated rings. The topological polar surface area (TPSA) is 84.2 Å². The quantitative estimate of drug-likeness (QED) is 0.409. The van der Waals surface area contributed by atoms with Crippen LogP contribution in [0.3, 0.4) is 0 Å². The van der Waals surface area contributed by atoms with E-state index in [4.69, 9.17) is 5.73 Å². The lowest BCUT2D eigenvalue weighted by Crippen LogP contribution is -2.34. The molecule has 22 heavy (non-hydrogen) atoms. The standard InChI is InChI=1S/C17H21N3O2/c1-4-13(10-18)15(16(21)12(2)3)11-19-20-17(22)14-8-6-5-7-9-14/h5-11,19H,2,4,18H2,1,3H3,(H,20,22)/b13-10-,15-11?. The summed E-state index contributed by atoms with van der Waals surface area (Å²) in [7, 11) is 0. The van der Waals surface area contributed by atoms with Crippen molar-refractivity contribution in [2.75, 3.05) is 0 Å². The first kappa shape index (κ1) is 17.2. The Hall–Kier alpha value is -2.82. The van der Waals surface area contributed by atoms with E-state index in [0.29, 0.717) is 28.7 Å². The van der Waals surface area contributed by atoms with Crippen molar-refractivity contribution in [2.45, 2.75) is 20.3 Å². The highest BCUT2D eigenvalue weighted by atomic mass is 16.2. The van der Waals surface area contributed by atoms with E-state index in [1.807, 2.05) is 13.0 Å². The number of hydrogen-bond acceptors (Lipinski definition) is 4. The summed E-state index contributed by atoms with van der Waals surface area (Å²) in [5, 5.41) is 0. The largest absolute Gasteiger partial charge is 0.404 e. The number of amides is 1. The molecule has 0 aliphatic heterocycles. The zero-order chi connectivity index (χ0) is 16.5. The van der Waals surface area contributed by atoms with E-state index >= 15 is 0 Å². The van der Waals surface area contributed by atoms with Crippen molar-refractivity contribution in [2.24, 2.45) is 5.73 Å². The summed E-state index contributed by atoms with van der Waals surface area (Å²) >= 11 is 0. The van der Waals surface area contributed by atoms with Crippen molar-refractivity contribution in [1.82, 2.24) is 10.9 Å². The normalized spacial score (nSPS) is 11.7. The van der Waals surface area contributed by atoms with Crippen LogP contribution in [-0.2, 0) is 4.79 Å². The van der Waals surface area contributed by atoms with Gasteiger partial charge in [-0.2, -0.15) is 0 Å². The first-order valence-corrected chi connectivity index (χ1v) is 6.93. The third-order valence-corrected chi connectivity index (χ3v) is 3.00. The molecule has 0 bridgehead atoms. The number of hydrogen-bond donors (Lipinski definition) is 3. The van der Waals surface area contributed by atoms with Gasteiger partial charge < -0.3 is 11.2 Å². The number of carbonyl (C=O) groups is 2. The van der Waals surface area contributed by atoms with Crippen molar-refractivity contribution < 1.29 is 9.59 Å². The van der Waals surface area contributed by atoms with Crippen molar-refractivity contribution in [1.29, 1.82) is 0 Å². The highest BCUT2D eigenvalue weighted by Crippen LogP contribution is 2.16. The fourth-order valence-electron chi connectivity index (χ4n) is 1.77. The Labute approximate surface area is 130 Å². The molecular formula is C17H21N3O2. The molecule has 0 radical (unpaired) electrons. The summed E-state index contributed by atoms with van der Waals surface area (Å²) < 4.78 is 0. The van der Waals surface area contributed by atoms with Crippen LogP contribution < -0.4 is 16.6 Å². The Morgan fingerprint density at radius 2 is 1.91 bits per heavy atom. The summed E-state index contributed by atoms with van der Waals surface area (Å²) in [6.07, 6.45) is 3.41. The lowest BCUT2D eigenvalue weighted by Gasteiger charge is -2.11. The Bertz CT molecular complexity index is 612. The number of benzene rings is 1. The number of nitrogens with one attached hydrogen (secondary N) is 2. The molecule has 1 aromatic carbocycles. The fourth-order valence-corrected chi connectivity index (χ4v) is 1.77. The summed E-state index contributed by atoms with van der Waals surface area (Å²) in [5.74, 6) is -0.520. The van der Waals surface area contributed by atoms with Crippen molar-refractivity contribution in [3.8, 4) is 0 Å². The third kappa shape index (κ3) is 4.63. The van der Waals surface area contributed by atoms with Gasteiger partial charge in [0, 0.05) is 17.3 Å². The van der Waals surface area contributed by atoms with Crippen LogP contribution in [0.2, 0.25) is 0 Å². The van der Waals surface area contributed by atoms with E-state index in [1.54, 1.807) is 31.2 Å². The van der Waals surface area contributed by atoms with Gasteiger partial charge in [0.05, 0.1) is 0 Å². The second kappa shape index (κ2) is 8.46. The molecule has 0 aliphatic carbocycles. The number of nitrogens with two attached hydrogens (primary N) is 1. The monoisotopic (exact) mass is 299 g/mol. The number of carbonyl (C=O) groups excluding carboxylic acids is 2. The molecule has 5 nitrogen and oxygen atoms in total. The van der Waals surface area contributed by atoms with E-state index in [-0.39, 0.29) is 11.7 Å². The molecule has 4 N–H and O–H groups in total. The van der Waals surface area contributed by atoms with Crippen LogP contribution in [-0.4, -0.2) is 11.7 Å². The Morgan fingerprint density at radius 3 is 2.41 bits per heavy atom. The molecule has 0 spiro atoms. The smallest absolute Gasteiger partial charge is 0.269 e. The van der Waals surface area contributed by atoms with Gasteiger partial charge in [-0.1, -0.05) is 31.7 Å². The summed E-state index contributed by atoms with van der Waals surface area (Å²) in [6, 6.07) is 8.75. The molecule has 1 rings (SSSR count). The minimum Gasteiger partial charge on any atom is -0.404 e. The lowest BCUT2D eigenvalue weighted by atomic mass is 9.98. The molecule has 0 saturated heterocycles. The van der Waals surface area contributed by atoms with Crippen LogP contribution in [0.1, 0.15) is 30.6 Å². The molecule has 1 aromatic rings. The summed E-state index contributed by atoms with van der Waals surface area (Å²) in [5.41, 5.74) is 12.7. The zero-order valence-corrected chi connectivity index (χ0v) is 12.8. The molecule has 0 aliphatic rings. The molecule has 0 atom stereocenters. The molecule has 1 amide bonds. The number of rotatable bonds is 7. The molecule has 116 valence electrons. The Morgan fingerprint density at radius 1 is 1.27 bits per heavy atom. The van der Waals surface area contributed by atoms with Crippen LogP contribution in [0.15, 0.2) is 66.0 Å². The number of hydrazine groups is 1. The SMILES string of the molecule is C=C(C)C(=O)C(=CNNC(=O)c1ccccc1)/C(=C\N)CC. The first-order chi connectivity index (χ1) is 10.5. The van der Waals surface area contributed by atoms with Gasteiger partial charge in [0.1, 0.15) is 0 Å². The van der Waals surface area contributed by atoms with E-state index in [0.717, 1.165) is 0 Å². The van der Waals surface area contributed by atoms with Crippen LogP contribution in [0.25, 0.3) is 0 Å². The zero-order valence-electron chi connectivity index (χ0n) is 12.8. The minimum absolute atomic E-state index is 0.222. The van der Waals surface area contributed by atoms with Gasteiger partial charge in [-0.3, -0.25) is 15.0 Å². The highest BCUT2D eigenvalue weighted by molar-refractivity contribution is 6.10. The first-order valence-electron chi connectivity index (χ1n) is 6.93. The van der Waals surface area contributed by atoms with Crippen LogP contribution in [0.5, 0.6) is 0 Å². The Kier molecular flexibility index (Phi) is 6.63. The molecule has 0 aromatic heterocycles. The van der Waals surface area contributed by atoms with Gasteiger partial charge >= 0.3 is 0 Å². The highest BCUT2D eigenvalue weighted by Gasteiger charge is 2.14. The number of ketones is 1. The summed E-state index contributed by atoms with van der Waals surface area (Å²) in [4.78, 5) is 24.0. The summed E-state index contributed by atoms with van der Waals surface area (Å²) in [6.45, 7) is 7.16. The predicted octanol–water partition coefficient (Wildman–Crippen LogP) is 2.20. The average Bonchev–Trinajstić information content (AvgIpc) is 2.54. The fraction of sp³-hybridized carbons (Fsp3) is 0.176. The second-order valence-corrected chi connectivity index (χ2v) is 4.68.